The summed E-state index contributed by atoms with van der Waals surface area (Å²) in [7, 11) is 0. The highest BCUT2D eigenvalue weighted by atomic mass is 16.5. The predicted octanol–water partition coefficient (Wildman–Crippen LogP) is 11.4. The number of ether oxygens (including phenoxy) is 6. The van der Waals surface area contributed by atoms with Crippen LogP contribution in [0.1, 0.15) is 136 Å². The summed E-state index contributed by atoms with van der Waals surface area (Å²) >= 11 is 0. The minimum absolute atomic E-state index is 0.312. The number of rotatable bonds is 32. The van der Waals surface area contributed by atoms with Gasteiger partial charge in [-0.15, -0.1) is 0 Å². The lowest BCUT2D eigenvalue weighted by molar-refractivity contribution is -0.138. The van der Waals surface area contributed by atoms with Crippen molar-refractivity contribution in [3.63, 3.8) is 0 Å². The zero-order valence-corrected chi connectivity index (χ0v) is 34.1. The van der Waals surface area contributed by atoms with Gasteiger partial charge < -0.3 is 28.4 Å². The fourth-order valence-electron chi connectivity index (χ4n) is 6.01. The first-order chi connectivity index (χ1) is 28.4. The van der Waals surface area contributed by atoms with Crippen LogP contribution in [0.5, 0.6) is 23.0 Å². The van der Waals surface area contributed by atoms with Crippen molar-refractivity contribution in [2.24, 2.45) is 0 Å². The Labute approximate surface area is 344 Å². The highest BCUT2D eigenvalue weighted by molar-refractivity contribution is 5.92. The third kappa shape index (κ3) is 21.2. The lowest BCUT2D eigenvalue weighted by Gasteiger charge is -2.09. The number of benzene rings is 3. The van der Waals surface area contributed by atoms with Gasteiger partial charge >= 0.3 is 23.9 Å². The molecule has 10 heteroatoms. The Morgan fingerprint density at radius 2 is 0.621 bits per heavy atom. The average Bonchev–Trinajstić information content (AvgIpc) is 3.24. The second-order valence-electron chi connectivity index (χ2n) is 14.1. The molecule has 0 amide bonds. The molecule has 0 saturated heterocycles. The van der Waals surface area contributed by atoms with E-state index in [1.54, 1.807) is 72.8 Å². The van der Waals surface area contributed by atoms with Gasteiger partial charge in [-0.3, -0.25) is 0 Å². The first-order valence-electron chi connectivity index (χ1n) is 21.0. The molecule has 3 aromatic rings. The molecule has 0 saturated carbocycles. The van der Waals surface area contributed by atoms with Crippen molar-refractivity contribution in [2.45, 2.75) is 116 Å². The van der Waals surface area contributed by atoms with Gasteiger partial charge in [-0.05, 0) is 98.5 Å². The Bertz CT molecular complexity index is 1630. The molecule has 314 valence electrons. The quantitative estimate of drug-likeness (QED) is 0.0261. The van der Waals surface area contributed by atoms with Crippen LogP contribution in [0.25, 0.3) is 0 Å². The summed E-state index contributed by atoms with van der Waals surface area (Å²) in [5.74, 6) is 0.392. The molecule has 0 aromatic heterocycles. The van der Waals surface area contributed by atoms with E-state index in [2.05, 4.69) is 13.2 Å². The smallest absolute Gasteiger partial charge is 0.343 e. The summed E-state index contributed by atoms with van der Waals surface area (Å²) in [4.78, 5) is 47.5. The lowest BCUT2D eigenvalue weighted by atomic mass is 10.1. The number of esters is 4. The van der Waals surface area contributed by atoms with Crippen LogP contribution in [-0.4, -0.2) is 50.3 Å². The molecule has 10 nitrogen and oxygen atoms in total. The largest absolute Gasteiger partial charge is 0.494 e. The summed E-state index contributed by atoms with van der Waals surface area (Å²) in [5.41, 5.74) is 0.716. The number of unbranched alkanes of at least 4 members (excludes halogenated alkanes) is 16. The molecule has 0 aliphatic heterocycles. The van der Waals surface area contributed by atoms with Crippen molar-refractivity contribution in [3.05, 3.63) is 109 Å². The monoisotopic (exact) mass is 798 g/mol. The standard InChI is InChI=1S/C48H62O10/c1-3-45(49)55-37-21-17-13-9-5-7-11-15-19-35-53-41-27-23-39(24-28-41)47(51)57-43-29-25-40(26-30-43)48(52)58-44-33-31-42(32-34-44)54-36-20-16-12-8-6-10-14-18-22-38-56-46(50)4-2/h3-4,23-34H,1-2,5-22,35-38H2. The van der Waals surface area contributed by atoms with E-state index in [1.807, 2.05) is 0 Å². The lowest BCUT2D eigenvalue weighted by Crippen LogP contribution is -2.10. The van der Waals surface area contributed by atoms with Gasteiger partial charge in [-0.1, -0.05) is 103 Å². The Balaban J connectivity index is 1.21. The minimum Gasteiger partial charge on any atom is -0.494 e. The molecule has 0 atom stereocenters. The third-order valence-electron chi connectivity index (χ3n) is 9.36. The Kier molecular flexibility index (Phi) is 24.1. The van der Waals surface area contributed by atoms with Gasteiger partial charge in [0.2, 0.25) is 0 Å². The van der Waals surface area contributed by atoms with Crippen LogP contribution in [0.4, 0.5) is 0 Å². The highest BCUT2D eigenvalue weighted by Gasteiger charge is 2.12. The second-order valence-corrected chi connectivity index (χ2v) is 14.1. The fourth-order valence-corrected chi connectivity index (χ4v) is 6.01. The Hall–Kier alpha value is -5.38. The van der Waals surface area contributed by atoms with Gasteiger partial charge in [-0.2, -0.15) is 0 Å². The molecule has 0 unspecified atom stereocenters. The molecule has 58 heavy (non-hydrogen) atoms. The SMILES string of the molecule is C=CC(=O)OCCCCCCCCCCCOc1ccc(OC(=O)c2ccc(OC(=O)c3ccc(OCCCCCCCCCCCOC(=O)C=C)cc3)cc2)cc1. The van der Waals surface area contributed by atoms with Gasteiger partial charge in [0.1, 0.15) is 23.0 Å². The molecule has 0 aliphatic carbocycles. The van der Waals surface area contributed by atoms with Gasteiger partial charge in [0.15, 0.2) is 0 Å². The van der Waals surface area contributed by atoms with Crippen LogP contribution in [0.2, 0.25) is 0 Å². The van der Waals surface area contributed by atoms with E-state index in [1.165, 1.54) is 63.5 Å². The summed E-state index contributed by atoms with van der Waals surface area (Å²) in [6.07, 6.45) is 22.4. The van der Waals surface area contributed by atoms with Crippen molar-refractivity contribution < 1.29 is 47.6 Å². The molecule has 0 bridgehead atoms. The average molecular weight is 799 g/mol. The molecule has 0 heterocycles. The van der Waals surface area contributed by atoms with Crippen molar-refractivity contribution >= 4 is 23.9 Å². The third-order valence-corrected chi connectivity index (χ3v) is 9.36. The molecule has 0 aliphatic rings. The van der Waals surface area contributed by atoms with E-state index in [0.29, 0.717) is 54.8 Å². The molecule has 0 radical (unpaired) electrons. The first kappa shape index (κ1) is 47.0. The Morgan fingerprint density at radius 1 is 0.362 bits per heavy atom. The molecule has 3 rings (SSSR count). The van der Waals surface area contributed by atoms with Gasteiger partial charge in [0, 0.05) is 12.2 Å². The molecule has 3 aromatic carbocycles. The zero-order chi connectivity index (χ0) is 41.5. The van der Waals surface area contributed by atoms with E-state index >= 15 is 0 Å². The topological polar surface area (TPSA) is 124 Å². The summed E-state index contributed by atoms with van der Waals surface area (Å²) in [5, 5.41) is 0. The van der Waals surface area contributed by atoms with Gasteiger partial charge in [0.05, 0.1) is 37.6 Å². The van der Waals surface area contributed by atoms with Gasteiger partial charge in [0.25, 0.3) is 0 Å². The van der Waals surface area contributed by atoms with Gasteiger partial charge in [-0.25, -0.2) is 19.2 Å². The van der Waals surface area contributed by atoms with Crippen molar-refractivity contribution in [2.75, 3.05) is 26.4 Å². The zero-order valence-electron chi connectivity index (χ0n) is 34.1. The van der Waals surface area contributed by atoms with E-state index in [0.717, 1.165) is 70.0 Å². The molecular formula is C48H62O10. The fraction of sp³-hybridized carbons (Fsp3) is 0.458. The van der Waals surface area contributed by atoms with Crippen LogP contribution in [-0.2, 0) is 19.1 Å². The van der Waals surface area contributed by atoms with Crippen molar-refractivity contribution in [1.29, 1.82) is 0 Å². The summed E-state index contributed by atoms with van der Waals surface area (Å²) in [6, 6.07) is 20.1. The maximum Gasteiger partial charge on any atom is 0.343 e. The van der Waals surface area contributed by atoms with Crippen molar-refractivity contribution in [3.8, 4) is 23.0 Å². The second kappa shape index (κ2) is 29.8. The molecular weight excluding hydrogens is 737 g/mol. The van der Waals surface area contributed by atoms with Crippen LogP contribution >= 0.6 is 0 Å². The van der Waals surface area contributed by atoms with Crippen LogP contribution in [0.3, 0.4) is 0 Å². The van der Waals surface area contributed by atoms with Crippen molar-refractivity contribution in [1.82, 2.24) is 0 Å². The Morgan fingerprint density at radius 3 is 0.948 bits per heavy atom. The first-order valence-corrected chi connectivity index (χ1v) is 21.0. The molecule has 0 fully saturated rings. The summed E-state index contributed by atoms with van der Waals surface area (Å²) in [6.45, 7) is 8.96. The molecule has 0 N–H and O–H groups in total. The van der Waals surface area contributed by atoms with Crippen LogP contribution < -0.4 is 18.9 Å². The van der Waals surface area contributed by atoms with E-state index in [-0.39, 0.29) is 11.9 Å². The number of carbonyl (C=O) groups excluding carboxylic acids is 4. The number of hydrogen-bond donors (Lipinski definition) is 0. The minimum atomic E-state index is -0.523. The van der Waals surface area contributed by atoms with Crippen LogP contribution in [0, 0.1) is 0 Å². The maximum absolute atomic E-state index is 12.7. The number of hydrogen-bond acceptors (Lipinski definition) is 10. The van der Waals surface area contributed by atoms with E-state index < -0.39 is 11.9 Å². The highest BCUT2D eigenvalue weighted by Crippen LogP contribution is 2.22. The molecule has 0 spiro atoms. The number of carbonyl (C=O) groups is 4. The van der Waals surface area contributed by atoms with Crippen LogP contribution in [0.15, 0.2) is 98.1 Å². The van der Waals surface area contributed by atoms with E-state index in [4.69, 9.17) is 28.4 Å². The predicted molar refractivity (Wildman–Crippen MR) is 226 cm³/mol. The normalized spacial score (nSPS) is 10.6. The van der Waals surface area contributed by atoms with E-state index in [9.17, 15) is 19.2 Å². The maximum atomic E-state index is 12.7. The summed E-state index contributed by atoms with van der Waals surface area (Å²) < 4.78 is 32.7.